The molecule has 1 fully saturated rings. The third-order valence-electron chi connectivity index (χ3n) is 3.40. The molecule has 0 aromatic carbocycles. The van der Waals surface area contributed by atoms with Crippen molar-refractivity contribution in [2.75, 3.05) is 39.3 Å². The first-order chi connectivity index (χ1) is 8.28. The van der Waals surface area contributed by atoms with Gasteiger partial charge in [-0.15, -0.1) is 0 Å². The fraction of sp³-hybridized carbons (Fsp3) is 0.692. The quantitative estimate of drug-likeness (QED) is 0.829. The zero-order valence-electron chi connectivity index (χ0n) is 10.6. The monoisotopic (exact) mass is 237 g/mol. The lowest BCUT2D eigenvalue weighted by molar-refractivity contribution is 0.111. The van der Waals surface area contributed by atoms with Gasteiger partial charge in [-0.1, -0.05) is 6.92 Å². The standard InChI is InChI=1S/C13H23N3O/c1-12(9-14)10-15-4-6-16(7-5-15)11-13-3-2-8-17-13/h2-3,8,12H,4-7,9-11,14H2,1H3. The van der Waals surface area contributed by atoms with Gasteiger partial charge in [-0.25, -0.2) is 0 Å². The van der Waals surface area contributed by atoms with Crippen LogP contribution >= 0.6 is 0 Å². The van der Waals surface area contributed by atoms with Crippen LogP contribution in [0.4, 0.5) is 0 Å². The fourth-order valence-electron chi connectivity index (χ4n) is 2.27. The van der Waals surface area contributed by atoms with E-state index in [9.17, 15) is 0 Å². The molecule has 0 aliphatic carbocycles. The molecule has 4 nitrogen and oxygen atoms in total. The Kier molecular flexibility index (Phi) is 4.59. The predicted octanol–water partition coefficient (Wildman–Crippen LogP) is 0.992. The Balaban J connectivity index is 1.71. The van der Waals surface area contributed by atoms with E-state index in [1.165, 1.54) is 0 Å². The highest BCUT2D eigenvalue weighted by atomic mass is 16.3. The zero-order chi connectivity index (χ0) is 12.1. The van der Waals surface area contributed by atoms with Crippen LogP contribution in [0.25, 0.3) is 0 Å². The number of piperazine rings is 1. The van der Waals surface area contributed by atoms with Gasteiger partial charge in [0, 0.05) is 32.7 Å². The van der Waals surface area contributed by atoms with Gasteiger partial charge in [-0.05, 0) is 24.6 Å². The summed E-state index contributed by atoms with van der Waals surface area (Å²) >= 11 is 0. The van der Waals surface area contributed by atoms with Crippen molar-refractivity contribution in [2.24, 2.45) is 11.7 Å². The molecule has 0 radical (unpaired) electrons. The molecule has 1 aromatic heterocycles. The summed E-state index contributed by atoms with van der Waals surface area (Å²) in [5.74, 6) is 1.67. The molecule has 1 aromatic rings. The summed E-state index contributed by atoms with van der Waals surface area (Å²) in [5.41, 5.74) is 5.66. The molecule has 4 heteroatoms. The van der Waals surface area contributed by atoms with E-state index in [1.807, 2.05) is 12.1 Å². The maximum Gasteiger partial charge on any atom is 0.117 e. The van der Waals surface area contributed by atoms with Crippen LogP contribution in [-0.2, 0) is 6.54 Å². The molecular formula is C13H23N3O. The Bertz CT molecular complexity index is 304. The number of furan rings is 1. The highest BCUT2D eigenvalue weighted by molar-refractivity contribution is 4.98. The van der Waals surface area contributed by atoms with E-state index in [1.54, 1.807) is 6.26 Å². The van der Waals surface area contributed by atoms with Crippen molar-refractivity contribution in [3.8, 4) is 0 Å². The molecule has 96 valence electrons. The molecule has 1 aliphatic heterocycles. The van der Waals surface area contributed by atoms with Crippen molar-refractivity contribution >= 4 is 0 Å². The molecule has 1 aliphatic rings. The highest BCUT2D eigenvalue weighted by Gasteiger charge is 2.18. The summed E-state index contributed by atoms with van der Waals surface area (Å²) in [6.07, 6.45) is 1.74. The van der Waals surface area contributed by atoms with Gasteiger partial charge in [0.15, 0.2) is 0 Å². The average molecular weight is 237 g/mol. The second kappa shape index (κ2) is 6.19. The van der Waals surface area contributed by atoms with Gasteiger partial charge in [0.1, 0.15) is 5.76 Å². The Morgan fingerprint density at radius 1 is 1.29 bits per heavy atom. The lowest BCUT2D eigenvalue weighted by atomic mass is 10.1. The first kappa shape index (κ1) is 12.6. The molecule has 2 N–H and O–H groups in total. The third-order valence-corrected chi connectivity index (χ3v) is 3.40. The molecule has 1 unspecified atom stereocenters. The van der Waals surface area contributed by atoms with Crippen molar-refractivity contribution in [1.29, 1.82) is 0 Å². The van der Waals surface area contributed by atoms with Crippen LogP contribution in [0.3, 0.4) is 0 Å². The zero-order valence-corrected chi connectivity index (χ0v) is 10.6. The molecule has 1 atom stereocenters. The Hall–Kier alpha value is -0.840. The smallest absolute Gasteiger partial charge is 0.117 e. The van der Waals surface area contributed by atoms with Gasteiger partial charge in [-0.2, -0.15) is 0 Å². The van der Waals surface area contributed by atoms with Crippen LogP contribution < -0.4 is 5.73 Å². The number of nitrogens with two attached hydrogens (primary N) is 1. The minimum atomic E-state index is 0.603. The second-order valence-corrected chi connectivity index (χ2v) is 5.00. The molecule has 0 saturated carbocycles. The van der Waals surface area contributed by atoms with Gasteiger partial charge < -0.3 is 15.1 Å². The van der Waals surface area contributed by atoms with E-state index < -0.39 is 0 Å². The molecule has 17 heavy (non-hydrogen) atoms. The molecule has 2 heterocycles. The molecule has 0 amide bonds. The van der Waals surface area contributed by atoms with Crippen molar-refractivity contribution in [3.05, 3.63) is 24.2 Å². The predicted molar refractivity (Wildman–Crippen MR) is 68.6 cm³/mol. The summed E-state index contributed by atoms with van der Waals surface area (Å²) in [6.45, 7) is 9.60. The summed E-state index contributed by atoms with van der Waals surface area (Å²) in [5, 5.41) is 0. The molecule has 0 spiro atoms. The van der Waals surface area contributed by atoms with Gasteiger partial charge in [0.2, 0.25) is 0 Å². The van der Waals surface area contributed by atoms with Crippen LogP contribution in [0.2, 0.25) is 0 Å². The first-order valence-corrected chi connectivity index (χ1v) is 6.45. The highest BCUT2D eigenvalue weighted by Crippen LogP contribution is 2.09. The third kappa shape index (κ3) is 3.84. The van der Waals surface area contributed by atoms with Crippen molar-refractivity contribution in [3.63, 3.8) is 0 Å². The number of nitrogens with zero attached hydrogens (tertiary/aromatic N) is 2. The number of hydrogen-bond donors (Lipinski definition) is 1. The van der Waals surface area contributed by atoms with Gasteiger partial charge >= 0.3 is 0 Å². The largest absolute Gasteiger partial charge is 0.468 e. The lowest BCUT2D eigenvalue weighted by Crippen LogP contribution is -2.47. The van der Waals surface area contributed by atoms with Crippen LogP contribution in [0, 0.1) is 5.92 Å². The minimum absolute atomic E-state index is 0.603. The van der Waals surface area contributed by atoms with Crippen LogP contribution in [0.15, 0.2) is 22.8 Å². The SMILES string of the molecule is CC(CN)CN1CCN(Cc2ccco2)CC1. The molecule has 2 rings (SSSR count). The Labute approximate surface area is 103 Å². The average Bonchev–Trinajstić information content (AvgIpc) is 2.84. The van der Waals surface area contributed by atoms with E-state index >= 15 is 0 Å². The van der Waals surface area contributed by atoms with Gasteiger partial charge in [0.05, 0.1) is 12.8 Å². The maximum absolute atomic E-state index is 5.66. The summed E-state index contributed by atoms with van der Waals surface area (Å²) in [7, 11) is 0. The van der Waals surface area contributed by atoms with Crippen LogP contribution in [-0.4, -0.2) is 49.1 Å². The number of rotatable bonds is 5. The summed E-state index contributed by atoms with van der Waals surface area (Å²) in [4.78, 5) is 4.96. The van der Waals surface area contributed by atoms with Crippen LogP contribution in [0.5, 0.6) is 0 Å². The van der Waals surface area contributed by atoms with Crippen molar-refractivity contribution < 1.29 is 4.42 Å². The van der Waals surface area contributed by atoms with Crippen molar-refractivity contribution in [1.82, 2.24) is 9.80 Å². The Morgan fingerprint density at radius 3 is 2.59 bits per heavy atom. The first-order valence-electron chi connectivity index (χ1n) is 6.45. The van der Waals surface area contributed by atoms with Crippen molar-refractivity contribution in [2.45, 2.75) is 13.5 Å². The minimum Gasteiger partial charge on any atom is -0.468 e. The van der Waals surface area contributed by atoms with E-state index in [-0.39, 0.29) is 0 Å². The van der Waals surface area contributed by atoms with E-state index in [4.69, 9.17) is 10.2 Å². The number of hydrogen-bond acceptors (Lipinski definition) is 4. The molecule has 1 saturated heterocycles. The van der Waals surface area contributed by atoms with Crippen LogP contribution in [0.1, 0.15) is 12.7 Å². The van der Waals surface area contributed by atoms with E-state index in [0.29, 0.717) is 5.92 Å². The van der Waals surface area contributed by atoms with Gasteiger partial charge in [0.25, 0.3) is 0 Å². The Morgan fingerprint density at radius 2 is 2.00 bits per heavy atom. The maximum atomic E-state index is 5.66. The fourth-order valence-corrected chi connectivity index (χ4v) is 2.27. The molecule has 0 bridgehead atoms. The normalized spacial score (nSPS) is 20.6. The van der Waals surface area contributed by atoms with E-state index in [2.05, 4.69) is 16.7 Å². The topological polar surface area (TPSA) is 45.6 Å². The lowest BCUT2D eigenvalue weighted by Gasteiger charge is -2.35. The molecular weight excluding hydrogens is 214 g/mol. The summed E-state index contributed by atoms with van der Waals surface area (Å²) < 4.78 is 5.37. The van der Waals surface area contributed by atoms with E-state index in [0.717, 1.165) is 51.6 Å². The van der Waals surface area contributed by atoms with Gasteiger partial charge in [-0.3, -0.25) is 4.90 Å². The summed E-state index contributed by atoms with van der Waals surface area (Å²) in [6, 6.07) is 4.00. The second-order valence-electron chi connectivity index (χ2n) is 5.00.